The number of carbonyl (C=O) groups excluding carboxylic acids is 1. The summed E-state index contributed by atoms with van der Waals surface area (Å²) in [6.45, 7) is 5.00. The van der Waals surface area contributed by atoms with Crippen molar-refractivity contribution in [1.82, 2.24) is 24.9 Å². The highest BCUT2D eigenvalue weighted by Crippen LogP contribution is 2.14. The fourth-order valence-electron chi connectivity index (χ4n) is 2.66. The van der Waals surface area contributed by atoms with Crippen molar-refractivity contribution in [3.63, 3.8) is 0 Å². The van der Waals surface area contributed by atoms with E-state index in [0.29, 0.717) is 12.2 Å². The number of aromatic nitrogens is 4. The van der Waals surface area contributed by atoms with E-state index in [2.05, 4.69) is 20.2 Å². The predicted octanol–water partition coefficient (Wildman–Crippen LogP) is 0.871. The second-order valence-electron chi connectivity index (χ2n) is 5.51. The lowest BCUT2D eigenvalue weighted by atomic mass is 10.3. The van der Waals surface area contributed by atoms with Gasteiger partial charge in [0.25, 0.3) is 5.91 Å². The third-order valence-electron chi connectivity index (χ3n) is 3.93. The van der Waals surface area contributed by atoms with Crippen molar-refractivity contribution >= 4 is 11.7 Å². The van der Waals surface area contributed by atoms with Crippen LogP contribution in [0.1, 0.15) is 22.6 Å². The summed E-state index contributed by atoms with van der Waals surface area (Å²) in [5.41, 5.74) is 1.54. The Morgan fingerprint density at radius 2 is 1.95 bits per heavy atom. The summed E-state index contributed by atoms with van der Waals surface area (Å²) < 4.78 is 1.62. The first kappa shape index (κ1) is 14.5. The van der Waals surface area contributed by atoms with Crippen molar-refractivity contribution in [2.24, 2.45) is 7.05 Å². The molecule has 7 nitrogen and oxygen atoms in total. The SMILES string of the molecule is Cc1ccc(N2CCCN(C(=O)c3ccnn3C)CC2)nn1. The molecule has 0 N–H and O–H groups in total. The van der Waals surface area contributed by atoms with Crippen molar-refractivity contribution < 1.29 is 4.79 Å². The maximum absolute atomic E-state index is 12.5. The van der Waals surface area contributed by atoms with Crippen LogP contribution in [0.2, 0.25) is 0 Å². The molecule has 0 spiro atoms. The lowest BCUT2D eigenvalue weighted by Crippen LogP contribution is -2.36. The Morgan fingerprint density at radius 3 is 2.64 bits per heavy atom. The Bertz CT molecular complexity index is 650. The van der Waals surface area contributed by atoms with Crippen LogP contribution in [-0.2, 0) is 7.05 Å². The lowest BCUT2D eigenvalue weighted by Gasteiger charge is -2.22. The molecule has 0 radical (unpaired) electrons. The van der Waals surface area contributed by atoms with Crippen LogP contribution in [0.3, 0.4) is 0 Å². The Kier molecular flexibility index (Phi) is 4.04. The number of nitrogens with zero attached hydrogens (tertiary/aromatic N) is 6. The minimum absolute atomic E-state index is 0.0387. The average molecular weight is 300 g/mol. The topological polar surface area (TPSA) is 67.2 Å². The molecular weight excluding hydrogens is 280 g/mol. The van der Waals surface area contributed by atoms with Crippen molar-refractivity contribution in [1.29, 1.82) is 0 Å². The molecule has 1 fully saturated rings. The molecule has 116 valence electrons. The summed E-state index contributed by atoms with van der Waals surface area (Å²) in [6, 6.07) is 5.71. The molecule has 0 atom stereocenters. The maximum atomic E-state index is 12.5. The van der Waals surface area contributed by atoms with Crippen LogP contribution in [0.15, 0.2) is 24.4 Å². The Balaban J connectivity index is 1.68. The van der Waals surface area contributed by atoms with E-state index >= 15 is 0 Å². The number of carbonyl (C=O) groups is 1. The van der Waals surface area contributed by atoms with Crippen LogP contribution >= 0.6 is 0 Å². The van der Waals surface area contributed by atoms with Gasteiger partial charge in [-0.2, -0.15) is 10.2 Å². The fourth-order valence-corrected chi connectivity index (χ4v) is 2.66. The van der Waals surface area contributed by atoms with E-state index < -0.39 is 0 Å². The summed E-state index contributed by atoms with van der Waals surface area (Å²) in [5, 5.41) is 12.4. The Labute approximate surface area is 129 Å². The maximum Gasteiger partial charge on any atom is 0.272 e. The number of hydrogen-bond acceptors (Lipinski definition) is 5. The molecule has 0 saturated carbocycles. The van der Waals surface area contributed by atoms with Gasteiger partial charge in [-0.05, 0) is 31.5 Å². The number of rotatable bonds is 2. The number of aryl methyl sites for hydroxylation is 2. The van der Waals surface area contributed by atoms with Crippen LogP contribution in [-0.4, -0.2) is 57.0 Å². The van der Waals surface area contributed by atoms with E-state index in [1.165, 1.54) is 0 Å². The monoisotopic (exact) mass is 300 g/mol. The molecule has 2 aromatic rings. The predicted molar refractivity (Wildman–Crippen MR) is 82.7 cm³/mol. The third kappa shape index (κ3) is 2.93. The zero-order valence-corrected chi connectivity index (χ0v) is 12.9. The fraction of sp³-hybridized carbons (Fsp3) is 0.467. The van der Waals surface area contributed by atoms with Gasteiger partial charge < -0.3 is 9.80 Å². The summed E-state index contributed by atoms with van der Waals surface area (Å²) in [4.78, 5) is 16.6. The molecule has 1 aliphatic heterocycles. The van der Waals surface area contributed by atoms with Crippen LogP contribution in [0.5, 0.6) is 0 Å². The molecule has 7 heteroatoms. The third-order valence-corrected chi connectivity index (χ3v) is 3.93. The zero-order valence-electron chi connectivity index (χ0n) is 12.9. The van der Waals surface area contributed by atoms with Crippen molar-refractivity contribution in [3.8, 4) is 0 Å². The average Bonchev–Trinajstić information content (AvgIpc) is 2.80. The van der Waals surface area contributed by atoms with Gasteiger partial charge in [-0.1, -0.05) is 0 Å². The molecule has 0 unspecified atom stereocenters. The molecule has 0 bridgehead atoms. The summed E-state index contributed by atoms with van der Waals surface area (Å²) >= 11 is 0. The van der Waals surface area contributed by atoms with Crippen LogP contribution in [0.4, 0.5) is 5.82 Å². The summed E-state index contributed by atoms with van der Waals surface area (Å²) in [5.74, 6) is 0.914. The number of amides is 1. The standard InChI is InChI=1S/C15H20N6O/c1-12-4-5-14(18-17-12)20-8-3-9-21(11-10-20)15(22)13-6-7-16-19(13)2/h4-7H,3,8-11H2,1-2H3. The molecule has 1 amide bonds. The van der Waals surface area contributed by atoms with Crippen molar-refractivity contribution in [2.45, 2.75) is 13.3 Å². The van der Waals surface area contributed by atoms with E-state index in [1.807, 2.05) is 24.0 Å². The van der Waals surface area contributed by atoms with Gasteiger partial charge in [-0.25, -0.2) is 0 Å². The minimum atomic E-state index is 0.0387. The minimum Gasteiger partial charge on any atom is -0.353 e. The normalized spacial score (nSPS) is 15.7. The summed E-state index contributed by atoms with van der Waals surface area (Å²) in [6.07, 6.45) is 2.57. The summed E-state index contributed by atoms with van der Waals surface area (Å²) in [7, 11) is 1.79. The lowest BCUT2D eigenvalue weighted by molar-refractivity contribution is 0.0756. The van der Waals surface area contributed by atoms with Gasteiger partial charge in [-0.3, -0.25) is 9.48 Å². The van der Waals surface area contributed by atoms with Crippen LogP contribution < -0.4 is 4.90 Å². The molecule has 0 aromatic carbocycles. The smallest absolute Gasteiger partial charge is 0.272 e. The Morgan fingerprint density at radius 1 is 1.09 bits per heavy atom. The second kappa shape index (κ2) is 6.13. The highest BCUT2D eigenvalue weighted by molar-refractivity contribution is 5.92. The highest BCUT2D eigenvalue weighted by Gasteiger charge is 2.22. The molecule has 22 heavy (non-hydrogen) atoms. The van der Waals surface area contributed by atoms with E-state index in [1.54, 1.807) is 24.0 Å². The number of anilines is 1. The van der Waals surface area contributed by atoms with Gasteiger partial charge in [0.05, 0.1) is 5.69 Å². The van der Waals surface area contributed by atoms with Crippen molar-refractivity contribution in [2.75, 3.05) is 31.1 Å². The molecule has 3 rings (SSSR count). The van der Waals surface area contributed by atoms with Gasteiger partial charge in [0.2, 0.25) is 0 Å². The van der Waals surface area contributed by atoms with E-state index in [-0.39, 0.29) is 5.91 Å². The molecule has 0 aliphatic carbocycles. The molecule has 1 aliphatic rings. The van der Waals surface area contributed by atoms with Gasteiger partial charge in [0.1, 0.15) is 5.69 Å². The second-order valence-corrected chi connectivity index (χ2v) is 5.51. The zero-order chi connectivity index (χ0) is 15.5. The van der Waals surface area contributed by atoms with E-state index in [4.69, 9.17) is 0 Å². The first-order chi connectivity index (χ1) is 10.6. The van der Waals surface area contributed by atoms with Gasteiger partial charge in [0.15, 0.2) is 5.82 Å². The molecular formula is C15H20N6O. The highest BCUT2D eigenvalue weighted by atomic mass is 16.2. The van der Waals surface area contributed by atoms with Crippen LogP contribution in [0, 0.1) is 6.92 Å². The first-order valence-corrected chi connectivity index (χ1v) is 7.48. The Hall–Kier alpha value is -2.44. The van der Waals surface area contributed by atoms with E-state index in [9.17, 15) is 4.79 Å². The molecule has 3 heterocycles. The quantitative estimate of drug-likeness (QED) is 0.823. The van der Waals surface area contributed by atoms with Gasteiger partial charge in [0, 0.05) is 39.4 Å². The van der Waals surface area contributed by atoms with Crippen molar-refractivity contribution in [3.05, 3.63) is 35.8 Å². The first-order valence-electron chi connectivity index (χ1n) is 7.48. The van der Waals surface area contributed by atoms with E-state index in [0.717, 1.165) is 37.6 Å². The van der Waals surface area contributed by atoms with Gasteiger partial charge in [-0.15, -0.1) is 5.10 Å². The van der Waals surface area contributed by atoms with Gasteiger partial charge >= 0.3 is 0 Å². The largest absolute Gasteiger partial charge is 0.353 e. The number of hydrogen-bond donors (Lipinski definition) is 0. The molecule has 1 saturated heterocycles. The molecule has 2 aromatic heterocycles. The van der Waals surface area contributed by atoms with Crippen LogP contribution in [0.25, 0.3) is 0 Å².